The van der Waals surface area contributed by atoms with Crippen LogP contribution in [0.15, 0.2) is 38.7 Å². The number of carbonyl (C=O) groups is 18. The molecule has 20 atom stereocenters. The smallest absolute Gasteiger partial charge is 0.425 e. The lowest BCUT2D eigenvalue weighted by Gasteiger charge is -2.41. The van der Waals surface area contributed by atoms with Gasteiger partial charge >= 0.3 is 107 Å². The van der Waals surface area contributed by atoms with Gasteiger partial charge in [-0.3, -0.25) is 19.2 Å². The number of aromatic hydroxyl groups is 6. The van der Waals surface area contributed by atoms with Gasteiger partial charge in [-0.25, -0.2) is 67.1 Å². The molecule has 3 aromatic rings. The largest absolute Gasteiger partial charge is 0.511 e. The SMILES string of the molecule is Nc1c(O)c(C(=O)OC(=O)C(=O)O)c2c(c1OC(=O)C(C(O)C(O)C(O)C(=O)O)C1C(O)C(C(=O)O)=C(O)C(C(=O)O)C1O)OC(O)C(C(=O)O)=C2O.Nc1c(O)c2c(c(C(=O)OC(=O)C(=O)O)c1O)C(O)=C(C(=O)O)C(O)O2.O=C(O)C1=C(O)C(C(=O)O)C(O)C(C(C(=O)O)C(O)C(O)C(O)C(=O)O)C1O.O=C(O)c1c(O)c(O)c(C(O)C(O)C(=O)O)c(O)c1S. The van der Waals surface area contributed by atoms with Gasteiger partial charge in [0, 0.05) is 11.8 Å². The van der Waals surface area contributed by atoms with Gasteiger partial charge < -0.3 is 224 Å². The van der Waals surface area contributed by atoms with E-state index >= 15 is 0 Å². The molecule has 0 fully saturated rings. The zero-order chi connectivity index (χ0) is 98.5. The molecule has 0 spiro atoms. The van der Waals surface area contributed by atoms with E-state index in [1.165, 1.54) is 0 Å². The third-order valence-corrected chi connectivity index (χ3v) is 18.4. The van der Waals surface area contributed by atoms with Gasteiger partial charge in [0.05, 0.1) is 70.0 Å². The number of aromatic carboxylic acids is 1. The van der Waals surface area contributed by atoms with E-state index in [9.17, 15) is 224 Å². The molecule has 63 heteroatoms. The number of aliphatic carboxylic acids is 12. The molecule has 0 saturated heterocycles. The zero-order valence-electron chi connectivity index (χ0n) is 61.1. The van der Waals surface area contributed by atoms with E-state index in [2.05, 4.69) is 22.1 Å². The van der Waals surface area contributed by atoms with Crippen molar-refractivity contribution >= 4 is 143 Å². The van der Waals surface area contributed by atoms with Crippen LogP contribution in [0.5, 0.6) is 51.7 Å². The van der Waals surface area contributed by atoms with Crippen LogP contribution in [0, 0.1) is 35.5 Å². The Morgan fingerprint density at radius 2 is 0.709 bits per heavy atom. The van der Waals surface area contributed by atoms with Gasteiger partial charge in [0.15, 0.2) is 64.3 Å². The van der Waals surface area contributed by atoms with E-state index in [1.807, 2.05) is 0 Å². The number of hydrogen-bond donors (Lipinski definition) is 40. The first-order valence-corrected chi connectivity index (χ1v) is 33.1. The Morgan fingerprint density at radius 1 is 0.370 bits per heavy atom. The molecule has 694 valence electrons. The van der Waals surface area contributed by atoms with Gasteiger partial charge in [0.2, 0.25) is 12.6 Å². The molecular weight excluding hydrogens is 1790 g/mol. The Balaban J connectivity index is 0.000000385. The summed E-state index contributed by atoms with van der Waals surface area (Å²) in [6.07, 6.45) is -38.0. The molecule has 0 amide bonds. The minimum atomic E-state index is -3.16. The van der Waals surface area contributed by atoms with Crippen molar-refractivity contribution in [1.82, 2.24) is 0 Å². The lowest BCUT2D eigenvalue weighted by atomic mass is 9.68. The highest BCUT2D eigenvalue weighted by atomic mass is 32.1. The highest BCUT2D eigenvalue weighted by Gasteiger charge is 2.59. The summed E-state index contributed by atoms with van der Waals surface area (Å²) in [6.45, 7) is 0. The first kappa shape index (κ1) is 104. The van der Waals surface area contributed by atoms with Crippen molar-refractivity contribution in [3.05, 3.63) is 67.2 Å². The Labute approximate surface area is 696 Å². The fourth-order valence-electron chi connectivity index (χ4n) is 12.0. The second-order valence-electron chi connectivity index (χ2n) is 25.3. The van der Waals surface area contributed by atoms with Gasteiger partial charge in [-0.05, 0) is 0 Å². The lowest BCUT2D eigenvalue weighted by molar-refractivity contribution is -0.180. The quantitative estimate of drug-likeness (QED) is 0.00547. The number of thiol groups is 1. The minimum absolute atomic E-state index is 0.709. The topological polar surface area (TPSA) is 1150 Å². The second-order valence-corrected chi connectivity index (χ2v) is 25.8. The van der Waals surface area contributed by atoms with Crippen molar-refractivity contribution in [2.75, 3.05) is 11.5 Å². The van der Waals surface area contributed by atoms with E-state index in [0.29, 0.717) is 0 Å². The minimum Gasteiger partial charge on any atom is -0.511 e. The number of rotatable bonds is 25. The van der Waals surface area contributed by atoms with Gasteiger partial charge in [-0.15, -0.1) is 12.6 Å². The van der Waals surface area contributed by atoms with Gasteiger partial charge in [0.25, 0.3) is 0 Å². The zero-order valence-corrected chi connectivity index (χ0v) is 62.0. The number of carboxylic acid groups (broad SMARTS) is 13. The highest BCUT2D eigenvalue weighted by Crippen LogP contribution is 2.55. The fourth-order valence-corrected chi connectivity index (χ4v) is 12.3. The molecule has 2 aliphatic heterocycles. The van der Waals surface area contributed by atoms with Crippen LogP contribution in [-0.4, -0.2) is 376 Å². The van der Waals surface area contributed by atoms with E-state index in [1.54, 1.807) is 0 Å². The van der Waals surface area contributed by atoms with Crippen molar-refractivity contribution in [3.63, 3.8) is 0 Å². The number of esters is 5. The third-order valence-electron chi connectivity index (χ3n) is 18.0. The number of ether oxygens (including phenoxy) is 5. The van der Waals surface area contributed by atoms with Crippen LogP contribution in [0.25, 0.3) is 11.5 Å². The molecule has 2 heterocycles. The Hall–Kier alpha value is -15.5. The average Bonchev–Trinajstić information content (AvgIpc) is 0.737. The van der Waals surface area contributed by atoms with Crippen LogP contribution in [0.4, 0.5) is 11.4 Å². The summed E-state index contributed by atoms with van der Waals surface area (Å²) in [4.78, 5) is 206. The van der Waals surface area contributed by atoms with E-state index in [0.717, 1.165) is 0 Å². The maximum absolute atomic E-state index is 13.9. The molecule has 7 rings (SSSR count). The number of carbonyl (C=O) groups excluding carboxylic acids is 5. The molecule has 0 radical (unpaired) electrons. The summed E-state index contributed by atoms with van der Waals surface area (Å²) in [5.41, 5.74) is -4.18. The number of aliphatic hydroxyl groups is 18. The summed E-state index contributed by atoms with van der Waals surface area (Å²) in [7, 11) is 0. The molecule has 3 aromatic carbocycles. The van der Waals surface area contributed by atoms with Crippen LogP contribution in [-0.2, 0) is 81.4 Å². The molecular formula is C64H62N2O60S. The summed E-state index contributed by atoms with van der Waals surface area (Å²) in [5, 5.41) is 358. The summed E-state index contributed by atoms with van der Waals surface area (Å²) in [6, 6.07) is 0. The molecule has 20 unspecified atom stereocenters. The molecule has 0 aromatic heterocycles. The van der Waals surface area contributed by atoms with Crippen LogP contribution in [0.3, 0.4) is 0 Å². The van der Waals surface area contributed by atoms with Gasteiger partial charge in [-0.2, -0.15) is 0 Å². The monoisotopic (exact) mass is 1850 g/mol. The number of nitrogens with two attached hydrogens (primary N) is 2. The van der Waals surface area contributed by atoms with Crippen molar-refractivity contribution < 1.29 is 299 Å². The molecule has 2 aliphatic carbocycles. The molecule has 0 bridgehead atoms. The van der Waals surface area contributed by atoms with Crippen LogP contribution in [0.1, 0.15) is 53.9 Å². The predicted molar refractivity (Wildman–Crippen MR) is 374 cm³/mol. The number of fused-ring (bicyclic) bond motifs is 2. The standard InChI is InChI=1S/C27H25NO25.C14H18O14.C13H9NO12.C10H10O9S/c28-8-13(33)4(25(48)53-27(50)23(45)46)2-11(31)7(21(41)42)26(49)51-17(2)18(8)52-24(47)3(14(34)15(35)16(36)22(43)44)1-9(29)5(19(37)38)12(32)6(10(1)30)20(39)40;15-5-1(2(11(21)22)8(18)9(19)10(20)14(27)28)6(16)4(13(25)26)7(17)3(5)12(23)24;14-4-6(16)2(11(22)26-13(24)10(20)21)1-5(15)3(9(18)19)12(23)25-8(1)7(4)17;11-3-1(4(12)7(15)10(18)19)6(14)8(20)2(5(3)13)9(16)17/h1,3,5,9-10,14-16,26,29-36,49H,28H2,(H,37,38)(H,39,40)(H,41,42)(H,43,44)(H,45,46);1-3,5-6,8-10,15-20H,(H,21,22)(H,23,24)(H,25,26)(H,27,28);12,15-17,23H,14H2,(H,18,19)(H,20,21);4,7,11-15,20H,(H,16,17)(H,18,19). The molecule has 127 heavy (non-hydrogen) atoms. The number of phenolic OH excluding ortho intramolecular Hbond substituents is 5. The number of aliphatic hydroxyl groups excluding tert-OH is 18. The Bertz CT molecular complexity index is 5240. The van der Waals surface area contributed by atoms with E-state index < -0.39 is 376 Å². The van der Waals surface area contributed by atoms with Crippen LogP contribution in [0.2, 0.25) is 0 Å². The van der Waals surface area contributed by atoms with Crippen molar-refractivity contribution in [2.45, 2.75) is 90.7 Å². The third kappa shape index (κ3) is 20.4. The predicted octanol–water partition coefficient (Wildman–Crippen LogP) is -12.0. The summed E-state index contributed by atoms with van der Waals surface area (Å²) >= 11 is 3.61. The first-order valence-electron chi connectivity index (χ1n) is 32.6. The molecule has 62 nitrogen and oxygen atoms in total. The normalized spacial score (nSPS) is 21.6. The number of anilines is 2. The van der Waals surface area contributed by atoms with Gasteiger partial charge in [0.1, 0.15) is 109 Å². The van der Waals surface area contributed by atoms with Crippen molar-refractivity contribution in [3.8, 4) is 51.7 Å². The maximum atomic E-state index is 13.9. The maximum Gasteiger partial charge on any atom is 0.425 e. The van der Waals surface area contributed by atoms with Gasteiger partial charge in [-0.1, -0.05) is 0 Å². The highest BCUT2D eigenvalue weighted by molar-refractivity contribution is 7.80. The van der Waals surface area contributed by atoms with Crippen LogP contribution >= 0.6 is 12.6 Å². The number of phenols is 6. The number of nitrogen functional groups attached to an aromatic ring is 2. The molecule has 4 aliphatic rings. The average molecular weight is 1850 g/mol. The number of hydrogen-bond acceptors (Lipinski definition) is 50. The number of carboxylic acids is 13. The summed E-state index contributed by atoms with van der Waals surface area (Å²) < 4.78 is 22.5. The molecule has 41 N–H and O–H groups in total. The van der Waals surface area contributed by atoms with Crippen LogP contribution < -0.4 is 25.7 Å². The molecule has 0 saturated carbocycles. The lowest BCUT2D eigenvalue weighted by Crippen LogP contribution is -2.58. The fraction of sp³-hybridized carbons (Fsp3) is 0.312. The van der Waals surface area contributed by atoms with Crippen molar-refractivity contribution in [2.24, 2.45) is 35.5 Å². The number of benzene rings is 3. The van der Waals surface area contributed by atoms with E-state index in [4.69, 9.17) is 76.7 Å². The van der Waals surface area contributed by atoms with E-state index in [-0.39, 0.29) is 0 Å². The summed E-state index contributed by atoms with van der Waals surface area (Å²) in [5.74, 6) is -71.8. The Morgan fingerprint density at radius 3 is 1.04 bits per heavy atom. The first-order chi connectivity index (χ1) is 58.2. The van der Waals surface area contributed by atoms with Crippen molar-refractivity contribution in [1.29, 1.82) is 0 Å². The Kier molecular flexibility index (Phi) is 32.9. The second kappa shape index (κ2) is 40.2.